The van der Waals surface area contributed by atoms with Gasteiger partial charge < -0.3 is 9.47 Å². The van der Waals surface area contributed by atoms with Crippen molar-refractivity contribution < 1.29 is 13.9 Å². The molecule has 2 nitrogen and oxygen atoms in total. The molecule has 0 bridgehead atoms. The third-order valence-corrected chi connectivity index (χ3v) is 1.90. The van der Waals surface area contributed by atoms with Crippen molar-refractivity contribution in [1.82, 2.24) is 0 Å². The Kier molecular flexibility index (Phi) is 4.40. The summed E-state index contributed by atoms with van der Waals surface area (Å²) in [6.07, 6.45) is 0.812. The molecule has 0 fully saturated rings. The minimum Gasteiger partial charge on any atom is -0.493 e. The fourth-order valence-corrected chi connectivity index (χ4v) is 1.11. The highest BCUT2D eigenvalue weighted by atomic mass is 19.1. The first-order chi connectivity index (χ1) is 6.74. The summed E-state index contributed by atoms with van der Waals surface area (Å²) in [4.78, 5) is 0. The van der Waals surface area contributed by atoms with Gasteiger partial charge in [0.15, 0.2) is 0 Å². The van der Waals surface area contributed by atoms with Gasteiger partial charge in [0, 0.05) is 26.2 Å². The Balaban J connectivity index is 2.45. The van der Waals surface area contributed by atoms with Crippen LogP contribution in [0.3, 0.4) is 0 Å². The third-order valence-electron chi connectivity index (χ3n) is 1.90. The Morgan fingerprint density at radius 1 is 1.29 bits per heavy atom. The van der Waals surface area contributed by atoms with Crippen molar-refractivity contribution in [2.45, 2.75) is 13.3 Å². The molecule has 3 heteroatoms. The molecule has 0 saturated heterocycles. The summed E-state index contributed by atoms with van der Waals surface area (Å²) in [7, 11) is 1.65. The van der Waals surface area contributed by atoms with Crippen LogP contribution < -0.4 is 4.74 Å². The summed E-state index contributed by atoms with van der Waals surface area (Å²) in [5.41, 5.74) is 0.948. The summed E-state index contributed by atoms with van der Waals surface area (Å²) in [6, 6.07) is 4.54. The van der Waals surface area contributed by atoms with Crippen LogP contribution in [0.25, 0.3) is 0 Å². The number of hydrogen-bond donors (Lipinski definition) is 0. The van der Waals surface area contributed by atoms with Gasteiger partial charge in [-0.15, -0.1) is 0 Å². The number of benzene rings is 1. The van der Waals surface area contributed by atoms with Crippen LogP contribution in [0.5, 0.6) is 5.75 Å². The van der Waals surface area contributed by atoms with Gasteiger partial charge in [-0.25, -0.2) is 4.39 Å². The van der Waals surface area contributed by atoms with E-state index < -0.39 is 0 Å². The van der Waals surface area contributed by atoms with Gasteiger partial charge in [-0.1, -0.05) is 6.07 Å². The lowest BCUT2D eigenvalue weighted by Gasteiger charge is -2.08. The van der Waals surface area contributed by atoms with E-state index in [0.29, 0.717) is 19.0 Å². The quantitative estimate of drug-likeness (QED) is 0.677. The first-order valence-corrected chi connectivity index (χ1v) is 4.62. The summed E-state index contributed by atoms with van der Waals surface area (Å²) in [6.45, 7) is 3.11. The van der Waals surface area contributed by atoms with E-state index in [4.69, 9.17) is 9.47 Å². The van der Waals surface area contributed by atoms with Crippen molar-refractivity contribution in [2.75, 3.05) is 20.3 Å². The van der Waals surface area contributed by atoms with E-state index in [1.165, 1.54) is 12.1 Å². The van der Waals surface area contributed by atoms with E-state index in [9.17, 15) is 4.39 Å². The molecule has 0 saturated carbocycles. The molecule has 0 radical (unpaired) electrons. The highest BCUT2D eigenvalue weighted by molar-refractivity contribution is 5.32. The summed E-state index contributed by atoms with van der Waals surface area (Å²) >= 11 is 0. The Morgan fingerprint density at radius 3 is 2.79 bits per heavy atom. The van der Waals surface area contributed by atoms with E-state index in [-0.39, 0.29) is 5.82 Å². The standard InChI is InChI=1S/C11H15FO2/c1-9-4-5-10(12)8-11(9)14-7-3-6-13-2/h4-5,8H,3,6-7H2,1-2H3. The Bertz CT molecular complexity index is 287. The molecular formula is C11H15FO2. The minimum atomic E-state index is -0.266. The molecule has 1 aromatic rings. The lowest BCUT2D eigenvalue weighted by molar-refractivity contribution is 0.172. The maximum absolute atomic E-state index is 12.8. The molecule has 0 aliphatic heterocycles. The highest BCUT2D eigenvalue weighted by Crippen LogP contribution is 2.18. The lowest BCUT2D eigenvalue weighted by atomic mass is 10.2. The van der Waals surface area contributed by atoms with Gasteiger partial charge in [-0.2, -0.15) is 0 Å². The Hall–Kier alpha value is -1.09. The number of halogens is 1. The van der Waals surface area contributed by atoms with Crippen LogP contribution in [-0.2, 0) is 4.74 Å². The zero-order valence-corrected chi connectivity index (χ0v) is 8.55. The maximum Gasteiger partial charge on any atom is 0.126 e. The molecule has 0 heterocycles. The van der Waals surface area contributed by atoms with Crippen molar-refractivity contribution in [1.29, 1.82) is 0 Å². The molecule has 78 valence electrons. The predicted molar refractivity (Wildman–Crippen MR) is 53.1 cm³/mol. The van der Waals surface area contributed by atoms with Crippen molar-refractivity contribution in [3.05, 3.63) is 29.6 Å². The number of methoxy groups -OCH3 is 1. The van der Waals surface area contributed by atoms with E-state index >= 15 is 0 Å². The van der Waals surface area contributed by atoms with Crippen LogP contribution in [-0.4, -0.2) is 20.3 Å². The molecule has 0 aliphatic carbocycles. The van der Waals surface area contributed by atoms with Gasteiger partial charge in [0.25, 0.3) is 0 Å². The molecule has 0 atom stereocenters. The zero-order chi connectivity index (χ0) is 10.4. The number of ether oxygens (including phenoxy) is 2. The Labute approximate surface area is 83.6 Å². The van der Waals surface area contributed by atoms with Gasteiger partial charge in [-0.05, 0) is 18.6 Å². The molecule has 0 aliphatic rings. The van der Waals surface area contributed by atoms with E-state index in [1.807, 2.05) is 6.92 Å². The molecule has 0 amide bonds. The second kappa shape index (κ2) is 5.60. The fourth-order valence-electron chi connectivity index (χ4n) is 1.11. The topological polar surface area (TPSA) is 18.5 Å². The van der Waals surface area contributed by atoms with Crippen LogP contribution in [0.15, 0.2) is 18.2 Å². The smallest absolute Gasteiger partial charge is 0.126 e. The predicted octanol–water partition coefficient (Wildman–Crippen LogP) is 2.55. The van der Waals surface area contributed by atoms with Crippen molar-refractivity contribution in [3.63, 3.8) is 0 Å². The summed E-state index contributed by atoms with van der Waals surface area (Å²) in [5, 5.41) is 0. The van der Waals surface area contributed by atoms with Crippen LogP contribution in [0.4, 0.5) is 4.39 Å². The van der Waals surface area contributed by atoms with Gasteiger partial charge >= 0.3 is 0 Å². The SMILES string of the molecule is COCCCOc1cc(F)ccc1C. The minimum absolute atomic E-state index is 0.266. The van der Waals surface area contributed by atoms with Crippen LogP contribution in [0.1, 0.15) is 12.0 Å². The number of aryl methyl sites for hydroxylation is 1. The van der Waals surface area contributed by atoms with Crippen LogP contribution in [0, 0.1) is 12.7 Å². The lowest BCUT2D eigenvalue weighted by Crippen LogP contribution is -2.02. The first-order valence-electron chi connectivity index (χ1n) is 4.62. The van der Waals surface area contributed by atoms with Crippen molar-refractivity contribution in [3.8, 4) is 5.75 Å². The molecule has 0 aromatic heterocycles. The molecule has 14 heavy (non-hydrogen) atoms. The third kappa shape index (κ3) is 3.34. The largest absolute Gasteiger partial charge is 0.493 e. The zero-order valence-electron chi connectivity index (χ0n) is 8.55. The monoisotopic (exact) mass is 198 g/mol. The number of hydrogen-bond acceptors (Lipinski definition) is 2. The molecule has 1 aromatic carbocycles. The van der Waals surface area contributed by atoms with Crippen molar-refractivity contribution in [2.24, 2.45) is 0 Å². The molecule has 0 unspecified atom stereocenters. The molecule has 1 rings (SSSR count). The van der Waals surface area contributed by atoms with E-state index in [2.05, 4.69) is 0 Å². The average Bonchev–Trinajstić information content (AvgIpc) is 2.18. The molecule has 0 spiro atoms. The molecule has 0 N–H and O–H groups in total. The highest BCUT2D eigenvalue weighted by Gasteiger charge is 2.00. The van der Waals surface area contributed by atoms with Crippen molar-refractivity contribution >= 4 is 0 Å². The first kappa shape index (κ1) is 11.0. The van der Waals surface area contributed by atoms with Gasteiger partial charge in [0.1, 0.15) is 11.6 Å². The summed E-state index contributed by atoms with van der Waals surface area (Å²) < 4.78 is 23.1. The summed E-state index contributed by atoms with van der Waals surface area (Å²) in [5.74, 6) is 0.346. The number of rotatable bonds is 5. The normalized spacial score (nSPS) is 10.2. The second-order valence-electron chi connectivity index (χ2n) is 3.10. The van der Waals surface area contributed by atoms with Gasteiger partial charge in [0.2, 0.25) is 0 Å². The van der Waals surface area contributed by atoms with Crippen LogP contribution >= 0.6 is 0 Å². The second-order valence-corrected chi connectivity index (χ2v) is 3.10. The average molecular weight is 198 g/mol. The van der Waals surface area contributed by atoms with Gasteiger partial charge in [-0.3, -0.25) is 0 Å². The maximum atomic E-state index is 12.8. The van der Waals surface area contributed by atoms with E-state index in [0.717, 1.165) is 12.0 Å². The molecular weight excluding hydrogens is 183 g/mol. The fraction of sp³-hybridized carbons (Fsp3) is 0.455. The van der Waals surface area contributed by atoms with E-state index in [1.54, 1.807) is 13.2 Å². The van der Waals surface area contributed by atoms with Crippen LogP contribution in [0.2, 0.25) is 0 Å². The Morgan fingerprint density at radius 2 is 2.07 bits per heavy atom. The van der Waals surface area contributed by atoms with Gasteiger partial charge in [0.05, 0.1) is 6.61 Å².